The van der Waals surface area contributed by atoms with E-state index in [-0.39, 0.29) is 31.8 Å². The third-order valence-electron chi connectivity index (χ3n) is 8.24. The zero-order chi connectivity index (χ0) is 34.0. The molecular weight excluding hydrogens is 651 g/mol. The first-order valence-corrected chi connectivity index (χ1v) is 16.5. The Morgan fingerprint density at radius 3 is 2.60 bits per heavy atom. The summed E-state index contributed by atoms with van der Waals surface area (Å²) in [4.78, 5) is 17.7. The van der Waals surface area contributed by atoms with Crippen LogP contribution in [0.3, 0.4) is 0 Å². The fraction of sp³-hybridized carbons (Fsp3) is 0.324. The van der Waals surface area contributed by atoms with E-state index in [0.29, 0.717) is 45.0 Å². The molecule has 1 amide bonds. The first-order valence-electron chi connectivity index (χ1n) is 15.8. The van der Waals surface area contributed by atoms with Crippen molar-refractivity contribution in [3.8, 4) is 34.4 Å². The van der Waals surface area contributed by atoms with Gasteiger partial charge in [0, 0.05) is 67.8 Å². The van der Waals surface area contributed by atoms with Gasteiger partial charge in [-0.1, -0.05) is 53.5 Å². The van der Waals surface area contributed by atoms with Crippen LogP contribution in [0, 0.1) is 18.3 Å². The fourth-order valence-corrected chi connectivity index (χ4v) is 6.29. The van der Waals surface area contributed by atoms with E-state index < -0.39 is 0 Å². The highest BCUT2D eigenvalue weighted by Gasteiger charge is 2.22. The number of rotatable bonds is 14. The van der Waals surface area contributed by atoms with E-state index in [0.717, 1.165) is 60.3 Å². The van der Waals surface area contributed by atoms with Crippen molar-refractivity contribution < 1.29 is 24.1 Å². The Kier molecular flexibility index (Phi) is 12.2. The monoisotopic (exact) mass is 688 g/mol. The predicted molar refractivity (Wildman–Crippen MR) is 185 cm³/mol. The number of carbonyl (C=O) groups excluding carboxylic acids is 1. The summed E-state index contributed by atoms with van der Waals surface area (Å²) in [6.07, 6.45) is 4.92. The fourth-order valence-electron chi connectivity index (χ4n) is 5.76. The van der Waals surface area contributed by atoms with Gasteiger partial charge >= 0.3 is 0 Å². The van der Waals surface area contributed by atoms with E-state index in [1.165, 1.54) is 6.20 Å². The van der Waals surface area contributed by atoms with Crippen LogP contribution in [0.25, 0.3) is 11.1 Å². The van der Waals surface area contributed by atoms with Gasteiger partial charge in [-0.2, -0.15) is 5.26 Å². The van der Waals surface area contributed by atoms with Crippen LogP contribution in [0.2, 0.25) is 10.0 Å². The van der Waals surface area contributed by atoms with E-state index in [1.54, 1.807) is 31.3 Å². The molecule has 1 aliphatic rings. The molecule has 48 heavy (non-hydrogen) atoms. The summed E-state index contributed by atoms with van der Waals surface area (Å²) >= 11 is 13.4. The average molecular weight is 690 g/mol. The van der Waals surface area contributed by atoms with Crippen LogP contribution in [0.4, 0.5) is 0 Å². The van der Waals surface area contributed by atoms with Gasteiger partial charge in [-0.25, -0.2) is 0 Å². The van der Waals surface area contributed by atoms with Crippen molar-refractivity contribution in [2.75, 3.05) is 26.2 Å². The van der Waals surface area contributed by atoms with Gasteiger partial charge in [0.15, 0.2) is 0 Å². The number of nitrogens with one attached hydrogen (secondary N) is 1. The molecule has 0 saturated carbocycles. The van der Waals surface area contributed by atoms with Gasteiger partial charge < -0.3 is 29.5 Å². The van der Waals surface area contributed by atoms with Crippen LogP contribution in [-0.2, 0) is 24.6 Å². The molecule has 0 radical (unpaired) electrons. The molecule has 0 bridgehead atoms. The van der Waals surface area contributed by atoms with Crippen molar-refractivity contribution in [2.45, 2.75) is 52.6 Å². The van der Waals surface area contributed by atoms with Crippen molar-refractivity contribution in [3.63, 3.8) is 0 Å². The number of nitriles is 1. The summed E-state index contributed by atoms with van der Waals surface area (Å²) in [6, 6.07) is 19.0. The lowest BCUT2D eigenvalue weighted by atomic mass is 9.96. The molecule has 0 aliphatic carbocycles. The number of carbonyl (C=O) groups is 1. The summed E-state index contributed by atoms with van der Waals surface area (Å²) in [6.45, 7) is 6.95. The second kappa shape index (κ2) is 16.7. The molecule has 1 aromatic heterocycles. The van der Waals surface area contributed by atoms with Crippen molar-refractivity contribution in [1.29, 1.82) is 5.26 Å². The zero-order valence-corrected chi connectivity index (χ0v) is 28.5. The highest BCUT2D eigenvalue weighted by Crippen LogP contribution is 2.38. The minimum atomic E-state index is -0.269. The number of hydrogen-bond acceptors (Lipinski definition) is 8. The summed E-state index contributed by atoms with van der Waals surface area (Å²) in [5.41, 5.74) is 5.44. The molecular formula is C37H38Cl2N4O5. The quantitative estimate of drug-likeness (QED) is 0.138. The number of ether oxygens (including phenoxy) is 3. The van der Waals surface area contributed by atoms with Crippen molar-refractivity contribution in [2.24, 2.45) is 0 Å². The number of pyridine rings is 1. The molecule has 11 heteroatoms. The highest BCUT2D eigenvalue weighted by atomic mass is 35.5. The smallest absolute Gasteiger partial charge is 0.217 e. The molecule has 1 atom stereocenters. The predicted octanol–water partition coefficient (Wildman–Crippen LogP) is 6.87. The van der Waals surface area contributed by atoms with Crippen LogP contribution in [0.5, 0.6) is 17.2 Å². The Bertz CT molecular complexity index is 1790. The zero-order valence-electron chi connectivity index (χ0n) is 27.0. The molecule has 2 heterocycles. The maximum Gasteiger partial charge on any atom is 0.217 e. The van der Waals surface area contributed by atoms with Gasteiger partial charge in [0.1, 0.15) is 36.5 Å². The molecule has 1 saturated heterocycles. The van der Waals surface area contributed by atoms with Gasteiger partial charge in [0.05, 0.1) is 28.8 Å². The lowest BCUT2D eigenvalue weighted by Gasteiger charge is -2.18. The van der Waals surface area contributed by atoms with Gasteiger partial charge in [0.25, 0.3) is 0 Å². The van der Waals surface area contributed by atoms with E-state index in [1.807, 2.05) is 43.3 Å². The Morgan fingerprint density at radius 1 is 1.02 bits per heavy atom. The van der Waals surface area contributed by atoms with E-state index in [4.69, 9.17) is 42.7 Å². The van der Waals surface area contributed by atoms with Crippen LogP contribution < -0.4 is 19.5 Å². The molecule has 9 nitrogen and oxygen atoms in total. The van der Waals surface area contributed by atoms with Crippen LogP contribution >= 0.6 is 23.2 Å². The third kappa shape index (κ3) is 8.97. The highest BCUT2D eigenvalue weighted by molar-refractivity contribution is 6.35. The van der Waals surface area contributed by atoms with Crippen LogP contribution in [0.1, 0.15) is 47.6 Å². The number of aliphatic hydroxyl groups is 1. The van der Waals surface area contributed by atoms with Crippen LogP contribution in [-0.4, -0.2) is 53.2 Å². The van der Waals surface area contributed by atoms with Crippen molar-refractivity contribution in [1.82, 2.24) is 15.2 Å². The molecule has 0 spiro atoms. The van der Waals surface area contributed by atoms with E-state index >= 15 is 0 Å². The average Bonchev–Trinajstić information content (AvgIpc) is 3.53. The molecule has 1 fully saturated rings. The van der Waals surface area contributed by atoms with Gasteiger partial charge in [-0.05, 0) is 54.7 Å². The summed E-state index contributed by atoms with van der Waals surface area (Å²) < 4.78 is 18.3. The van der Waals surface area contributed by atoms with Crippen molar-refractivity contribution in [3.05, 3.63) is 105 Å². The lowest BCUT2D eigenvalue weighted by Crippen LogP contribution is -2.35. The van der Waals surface area contributed by atoms with Crippen molar-refractivity contribution >= 4 is 29.1 Å². The molecule has 5 rings (SSSR count). The molecule has 2 N–H and O–H groups in total. The van der Waals surface area contributed by atoms with E-state index in [9.17, 15) is 9.90 Å². The Labute approximate surface area is 291 Å². The molecule has 4 aromatic rings. The Hall–Kier alpha value is -4.33. The number of hydrogen-bond donors (Lipinski definition) is 2. The summed E-state index contributed by atoms with van der Waals surface area (Å²) in [5.74, 6) is 1.47. The lowest BCUT2D eigenvalue weighted by molar-refractivity contribution is -0.119. The molecule has 250 valence electrons. The molecule has 1 aliphatic heterocycles. The number of aliphatic hydroxyl groups excluding tert-OH is 1. The van der Waals surface area contributed by atoms with Gasteiger partial charge in [0.2, 0.25) is 5.91 Å². The summed E-state index contributed by atoms with van der Waals surface area (Å²) in [5, 5.41) is 23.0. The third-order valence-corrected chi connectivity index (χ3v) is 8.93. The minimum Gasteiger partial charge on any atom is -0.492 e. The Morgan fingerprint density at radius 2 is 1.81 bits per heavy atom. The standard InChI is InChI=1S/C37H38Cl2N4O5/c1-24-28(23-48-36-16-35(29(21-44)15-33(36)38)47-22-27-14-26(17-40)18-41-19-27)6-3-7-31(24)32-8-4-9-34(37(32)39)46-13-5-11-43-12-10-30(20-43)42-25(2)45/h3-4,6-9,14-16,18-19,30,44H,5,10-13,20-23H2,1-2H3,(H,42,45). The molecule has 3 aromatic carbocycles. The van der Waals surface area contributed by atoms with Gasteiger partial charge in [-0.3, -0.25) is 9.78 Å². The summed E-state index contributed by atoms with van der Waals surface area (Å²) in [7, 11) is 0. The largest absolute Gasteiger partial charge is 0.492 e. The Balaban J connectivity index is 1.22. The number of nitrogens with zero attached hydrogens (tertiary/aromatic N) is 3. The minimum absolute atomic E-state index is 0.0147. The number of benzene rings is 3. The first-order chi connectivity index (χ1) is 23.2. The van der Waals surface area contributed by atoms with Gasteiger partial charge in [-0.15, -0.1) is 0 Å². The van der Waals surface area contributed by atoms with E-state index in [2.05, 4.69) is 21.3 Å². The molecule has 1 unspecified atom stereocenters. The number of amides is 1. The number of aromatic nitrogens is 1. The normalized spacial score (nSPS) is 14.4. The first kappa shape index (κ1) is 35.0. The number of halogens is 2. The topological polar surface area (TPSA) is 117 Å². The SMILES string of the molecule is CC(=O)NC1CCN(CCCOc2cccc(-c3cccc(COc4cc(OCc5cncc(C#N)c5)c(CO)cc4Cl)c3C)c2Cl)C1. The maximum atomic E-state index is 11.3. The van der Waals surface area contributed by atoms with Crippen LogP contribution in [0.15, 0.2) is 67.0 Å². The maximum absolute atomic E-state index is 11.3. The number of likely N-dealkylation sites (tertiary alicyclic amines) is 1. The second-order valence-corrected chi connectivity index (χ2v) is 12.5. The second-order valence-electron chi connectivity index (χ2n) is 11.7.